The molecule has 0 fully saturated rings. The zero-order valence-corrected chi connectivity index (χ0v) is 34.8. The first-order chi connectivity index (χ1) is 30.4. The van der Waals surface area contributed by atoms with Crippen molar-refractivity contribution in [2.45, 2.75) is 38.0 Å². The van der Waals surface area contributed by atoms with Crippen molar-refractivity contribution in [1.29, 1.82) is 0 Å². The van der Waals surface area contributed by atoms with E-state index in [0.717, 1.165) is 46.1 Å². The number of carbonyl (C=O) groups is 2. The lowest BCUT2D eigenvalue weighted by molar-refractivity contribution is -0.624. The first-order valence-electron chi connectivity index (χ1n) is 18.2. The molecule has 64 heavy (non-hydrogen) atoms. The number of pyridine rings is 4. The summed E-state index contributed by atoms with van der Waals surface area (Å²) in [5.74, 6) is -10.1. The lowest BCUT2D eigenvalue weighted by Crippen LogP contribution is -2.41. The minimum Gasteiger partial charge on any atom is -0.618 e. The van der Waals surface area contributed by atoms with Crippen LogP contribution in [0.3, 0.4) is 0 Å². The number of carbonyl (C=O) groups excluding carboxylic acids is 2. The molecule has 0 spiro atoms. The van der Waals surface area contributed by atoms with E-state index in [0.29, 0.717) is 10.7 Å². The molecule has 0 aliphatic carbocycles. The number of amides is 2. The minimum atomic E-state index is -3.62. The molecule has 0 radical (unpaired) electrons. The van der Waals surface area contributed by atoms with Gasteiger partial charge in [-0.25, -0.2) is 14.4 Å². The number of aromatic nitrogens is 8. The topological polar surface area (TPSA) is 232 Å². The normalized spacial score (nSPS) is 11.2. The molecule has 2 amide bonds. The van der Waals surface area contributed by atoms with Crippen molar-refractivity contribution in [3.63, 3.8) is 0 Å². The molecule has 6 rings (SSSR count). The van der Waals surface area contributed by atoms with Gasteiger partial charge in [0.1, 0.15) is 29.2 Å². The second-order valence-electron chi connectivity index (χ2n) is 13.0. The number of rotatable bonds is 16. The van der Waals surface area contributed by atoms with Crippen molar-refractivity contribution in [1.82, 2.24) is 39.7 Å². The van der Waals surface area contributed by atoms with E-state index >= 15 is 0 Å². The maximum absolute atomic E-state index is 14.4. The van der Waals surface area contributed by atoms with Crippen LogP contribution in [0.1, 0.15) is 22.8 Å². The molecular weight excluding hydrogens is 922 g/mol. The van der Waals surface area contributed by atoms with E-state index in [2.05, 4.69) is 41.2 Å². The van der Waals surface area contributed by atoms with Crippen molar-refractivity contribution in [2.75, 3.05) is 23.7 Å². The number of hydrogen-bond acceptors (Lipinski definition) is 12. The lowest BCUT2D eigenvalue weighted by Gasteiger charge is -2.17. The smallest absolute Gasteiger partial charge is 0.347 e. The molecule has 0 saturated heterocycles. The zero-order chi connectivity index (χ0) is 46.6. The molecule has 4 N–H and O–H groups in total. The Morgan fingerprint density at radius 1 is 0.641 bits per heavy atom. The molecule has 0 unspecified atom stereocenters. The number of hydrogen-bond donors (Lipinski definition) is 4. The molecular formula is C38H32Cl3F5N12O6. The Labute approximate surface area is 372 Å². The molecule has 0 atom stereocenters. The van der Waals surface area contributed by atoms with Crippen LogP contribution < -0.4 is 41.8 Å². The van der Waals surface area contributed by atoms with Gasteiger partial charge in [-0.3, -0.25) is 38.3 Å². The zero-order valence-electron chi connectivity index (χ0n) is 32.5. The Morgan fingerprint density at radius 3 is 1.52 bits per heavy atom. The van der Waals surface area contributed by atoms with Gasteiger partial charge in [0.05, 0.1) is 55.0 Å². The average molecular weight is 954 g/mol. The van der Waals surface area contributed by atoms with Gasteiger partial charge in [-0.2, -0.15) is 27.0 Å². The first-order valence-corrected chi connectivity index (χ1v) is 19.3. The van der Waals surface area contributed by atoms with Crippen molar-refractivity contribution in [2.24, 2.45) is 0 Å². The molecule has 6 heterocycles. The van der Waals surface area contributed by atoms with Crippen LogP contribution in [0.2, 0.25) is 15.3 Å². The van der Waals surface area contributed by atoms with Crippen LogP contribution in [0.15, 0.2) is 107 Å². The highest BCUT2D eigenvalue weighted by molar-refractivity contribution is 6.31. The predicted octanol–water partition coefficient (Wildman–Crippen LogP) is 3.68. The summed E-state index contributed by atoms with van der Waals surface area (Å²) in [6.07, 6.45) is 6.77. The summed E-state index contributed by atoms with van der Waals surface area (Å²) in [6, 6.07) is 12.9. The molecule has 6 aromatic heterocycles. The summed E-state index contributed by atoms with van der Waals surface area (Å²) in [6.45, 7) is -3.46. The number of nitrogens with zero attached hydrogens (tertiary/aromatic N) is 8. The fraction of sp³-hybridized carbons (Fsp3) is 0.211. The molecule has 0 saturated carbocycles. The Kier molecular flexibility index (Phi) is 16.1. The van der Waals surface area contributed by atoms with Crippen LogP contribution in [0.5, 0.6) is 0 Å². The van der Waals surface area contributed by atoms with E-state index in [1.165, 1.54) is 48.8 Å². The molecule has 26 heteroatoms. The SMILES string of the molecule is O=C(Cn1c(Cl)cnc(NCC(F)(F)c2cccc[n+]2[O-])c1=O)NCc1ncccc1Cl.O=C(Cn1c(Cl)cnc(NCC(F)(F)c2cccc[n+]2[O-])c1=O)NCc1ncccc1F. The molecule has 0 aliphatic rings. The van der Waals surface area contributed by atoms with Crippen LogP contribution >= 0.6 is 34.8 Å². The van der Waals surface area contributed by atoms with E-state index in [1.54, 1.807) is 12.1 Å². The summed E-state index contributed by atoms with van der Waals surface area (Å²) in [7, 11) is 0. The van der Waals surface area contributed by atoms with Crippen LogP contribution in [-0.4, -0.2) is 54.0 Å². The molecule has 0 bridgehead atoms. The van der Waals surface area contributed by atoms with E-state index in [-0.39, 0.29) is 38.6 Å². The highest BCUT2D eigenvalue weighted by atomic mass is 35.5. The Balaban J connectivity index is 0.000000241. The van der Waals surface area contributed by atoms with E-state index in [1.807, 2.05) is 0 Å². The first kappa shape index (κ1) is 48.1. The van der Waals surface area contributed by atoms with Gasteiger partial charge in [0.2, 0.25) is 11.8 Å². The maximum Gasteiger partial charge on any atom is 0.347 e. The van der Waals surface area contributed by atoms with E-state index in [9.17, 15) is 51.5 Å². The van der Waals surface area contributed by atoms with Crippen LogP contribution in [-0.2, 0) is 47.6 Å². The van der Waals surface area contributed by atoms with Gasteiger partial charge in [0.15, 0.2) is 24.0 Å². The largest absolute Gasteiger partial charge is 0.618 e. The third-order valence-corrected chi connectivity index (χ3v) is 9.49. The van der Waals surface area contributed by atoms with E-state index < -0.39 is 89.8 Å². The lowest BCUT2D eigenvalue weighted by atomic mass is 10.2. The minimum absolute atomic E-state index is 0.00451. The average Bonchev–Trinajstić information content (AvgIpc) is 3.26. The van der Waals surface area contributed by atoms with Crippen molar-refractivity contribution < 1.29 is 41.0 Å². The molecule has 18 nitrogen and oxygen atoms in total. The van der Waals surface area contributed by atoms with Crippen molar-refractivity contribution >= 4 is 58.3 Å². The van der Waals surface area contributed by atoms with Crippen molar-refractivity contribution in [3.05, 3.63) is 173 Å². The number of alkyl halides is 4. The summed E-state index contributed by atoms with van der Waals surface area (Å²) < 4.78 is 72.8. The summed E-state index contributed by atoms with van der Waals surface area (Å²) in [5.41, 5.74) is -3.01. The fourth-order valence-electron chi connectivity index (χ4n) is 5.33. The van der Waals surface area contributed by atoms with E-state index in [4.69, 9.17) is 34.8 Å². The third-order valence-electron chi connectivity index (χ3n) is 8.54. The monoisotopic (exact) mass is 952 g/mol. The van der Waals surface area contributed by atoms with Gasteiger partial charge in [0.25, 0.3) is 22.5 Å². The fourth-order valence-corrected chi connectivity index (χ4v) is 5.89. The highest BCUT2D eigenvalue weighted by Gasteiger charge is 2.40. The van der Waals surface area contributed by atoms with Crippen LogP contribution in [0, 0.1) is 16.2 Å². The molecule has 0 aliphatic heterocycles. The number of halogens is 8. The van der Waals surface area contributed by atoms with Gasteiger partial charge in [0, 0.05) is 36.7 Å². The highest BCUT2D eigenvalue weighted by Crippen LogP contribution is 2.26. The molecule has 0 aromatic carbocycles. The van der Waals surface area contributed by atoms with Gasteiger partial charge in [-0.15, -0.1) is 0 Å². The van der Waals surface area contributed by atoms with Gasteiger partial charge >= 0.3 is 11.8 Å². The summed E-state index contributed by atoms with van der Waals surface area (Å²) in [5, 5.41) is 32.5. The quantitative estimate of drug-likeness (QED) is 0.0619. The second-order valence-corrected chi connectivity index (χ2v) is 14.2. The second kappa shape index (κ2) is 21.4. The predicted molar refractivity (Wildman–Crippen MR) is 220 cm³/mol. The van der Waals surface area contributed by atoms with Crippen LogP contribution in [0.25, 0.3) is 0 Å². The standard InChI is InChI=1S/C19H16Cl2F2N6O3.C19H16ClF3N6O3/c20-12-4-3-6-24-13(12)8-25-16(30)10-28-15(21)9-26-17(18(28)31)27-11-19(22,23)14-5-1-2-7-29(14)32;20-15-9-26-17(27-11-19(22,23)14-5-1-2-7-29(14)32)18(31)28(15)10-16(30)25-8-13-12(21)4-3-6-24-13/h2*1-7,9H,8,10-11H2,(H,25,30)(H,26,27). The summed E-state index contributed by atoms with van der Waals surface area (Å²) in [4.78, 5) is 64.8. The number of anilines is 2. The number of nitrogens with one attached hydrogen (secondary N) is 4. The van der Waals surface area contributed by atoms with Gasteiger partial charge in [-0.1, -0.05) is 34.8 Å². The Morgan fingerprint density at radius 2 is 1.08 bits per heavy atom. The third kappa shape index (κ3) is 12.6. The van der Waals surface area contributed by atoms with Gasteiger partial charge < -0.3 is 31.7 Å². The Hall–Kier alpha value is -6.98. The van der Waals surface area contributed by atoms with Crippen molar-refractivity contribution in [3.8, 4) is 0 Å². The van der Waals surface area contributed by atoms with Crippen LogP contribution in [0.4, 0.5) is 33.6 Å². The molecule has 6 aromatic rings. The van der Waals surface area contributed by atoms with Gasteiger partial charge in [-0.05, 0) is 36.4 Å². The molecule has 336 valence electrons. The summed E-state index contributed by atoms with van der Waals surface area (Å²) >= 11 is 17.9. The maximum atomic E-state index is 14.4. The Bertz CT molecular complexity index is 2570.